The molecule has 4 heteroatoms. The van der Waals surface area contributed by atoms with E-state index in [-0.39, 0.29) is 13.0 Å². The van der Waals surface area contributed by atoms with E-state index >= 15 is 0 Å². The van der Waals surface area contributed by atoms with Gasteiger partial charge in [0, 0.05) is 6.42 Å². The zero-order chi connectivity index (χ0) is 9.61. The third-order valence-corrected chi connectivity index (χ3v) is 2.14. The van der Waals surface area contributed by atoms with E-state index in [1.807, 2.05) is 6.92 Å². The van der Waals surface area contributed by atoms with E-state index in [0.29, 0.717) is 6.42 Å². The largest absolute Gasteiger partial charge is 0.463 e. The van der Waals surface area contributed by atoms with Gasteiger partial charge in [-0.05, 0) is 29.3 Å². The fourth-order valence-corrected chi connectivity index (χ4v) is 1.13. The number of unbranched alkanes of at least 4 members (excludes halogenated alkanes) is 1. The Labute approximate surface area is 80.6 Å². The van der Waals surface area contributed by atoms with Gasteiger partial charge in [-0.25, -0.2) is 9.18 Å². The van der Waals surface area contributed by atoms with Crippen LogP contribution in [0.5, 0.6) is 0 Å². The molecule has 0 aliphatic carbocycles. The number of hydrogen-bond acceptors (Lipinski definition) is 2. The van der Waals surface area contributed by atoms with Crippen LogP contribution < -0.4 is 0 Å². The van der Waals surface area contributed by atoms with Gasteiger partial charge in [-0.1, -0.05) is 13.3 Å². The summed E-state index contributed by atoms with van der Waals surface area (Å²) in [5.41, 5.74) is 0. The molecule has 0 heterocycles. The lowest BCUT2D eigenvalue weighted by atomic mass is 10.2. The summed E-state index contributed by atoms with van der Waals surface area (Å²) in [6.07, 6.45) is 1.69. The van der Waals surface area contributed by atoms with E-state index in [0.717, 1.165) is 6.42 Å². The summed E-state index contributed by atoms with van der Waals surface area (Å²) in [5, 5.41) is 0. The van der Waals surface area contributed by atoms with E-state index < -0.39 is 10.5 Å². The van der Waals surface area contributed by atoms with Crippen molar-refractivity contribution in [2.75, 3.05) is 6.61 Å². The molecule has 1 atom stereocenters. The van der Waals surface area contributed by atoms with Crippen LogP contribution in [0.2, 0.25) is 0 Å². The van der Waals surface area contributed by atoms with Crippen molar-refractivity contribution in [3.8, 4) is 0 Å². The second kappa shape index (κ2) is 5.51. The van der Waals surface area contributed by atoms with Gasteiger partial charge in [0.1, 0.15) is 0 Å². The molecule has 0 saturated carbocycles. The molecule has 0 spiro atoms. The van der Waals surface area contributed by atoms with Crippen LogP contribution in [0, 0.1) is 0 Å². The molecule has 0 saturated heterocycles. The van der Waals surface area contributed by atoms with Crippen molar-refractivity contribution in [2.45, 2.75) is 37.7 Å². The Morgan fingerprint density at radius 1 is 1.58 bits per heavy atom. The van der Waals surface area contributed by atoms with E-state index in [1.165, 1.54) is 0 Å². The molecule has 0 aromatic rings. The summed E-state index contributed by atoms with van der Waals surface area (Å²) in [6.45, 7) is 3.80. The number of carbonyl (C=O) groups excluding carboxylic acids is 1. The zero-order valence-electron chi connectivity index (χ0n) is 7.40. The lowest BCUT2D eigenvalue weighted by Gasteiger charge is -2.15. The molecule has 0 aromatic heterocycles. The van der Waals surface area contributed by atoms with Crippen molar-refractivity contribution in [3.05, 3.63) is 0 Å². The van der Waals surface area contributed by atoms with Crippen LogP contribution in [0.3, 0.4) is 0 Å². The number of esters is 1. The van der Waals surface area contributed by atoms with Gasteiger partial charge in [-0.3, -0.25) is 0 Å². The van der Waals surface area contributed by atoms with Gasteiger partial charge in [0.2, 0.25) is 0 Å². The summed E-state index contributed by atoms with van der Waals surface area (Å²) in [7, 11) is 0. The van der Waals surface area contributed by atoms with Gasteiger partial charge in [-0.2, -0.15) is 0 Å². The van der Waals surface area contributed by atoms with Crippen LogP contribution in [-0.4, -0.2) is 17.2 Å². The predicted octanol–water partition coefficient (Wildman–Crippen LogP) is 2.80. The minimum atomic E-state index is -1.99. The Hall–Kier alpha value is -0.120. The monoisotopic (exact) mass is 240 g/mol. The van der Waals surface area contributed by atoms with Gasteiger partial charge in [0.15, 0.2) is 0 Å². The van der Waals surface area contributed by atoms with Crippen molar-refractivity contribution in [1.82, 2.24) is 0 Å². The number of alkyl halides is 2. The second-order valence-corrected chi connectivity index (χ2v) is 3.79. The molecule has 2 nitrogen and oxygen atoms in total. The number of halogens is 2. The van der Waals surface area contributed by atoms with Crippen molar-refractivity contribution in [1.29, 1.82) is 0 Å². The van der Waals surface area contributed by atoms with Crippen LogP contribution in [0.1, 0.15) is 33.1 Å². The average Bonchev–Trinajstić information content (AvgIpc) is 2.01. The number of carbonyl (C=O) groups is 1. The van der Waals surface area contributed by atoms with E-state index in [9.17, 15) is 9.18 Å². The Morgan fingerprint density at radius 2 is 2.17 bits per heavy atom. The Bertz CT molecular complexity index is 148. The summed E-state index contributed by atoms with van der Waals surface area (Å²) >= 11 is 2.71. The first-order valence-electron chi connectivity index (χ1n) is 4.09. The van der Waals surface area contributed by atoms with Crippen molar-refractivity contribution in [2.24, 2.45) is 0 Å². The first-order chi connectivity index (χ1) is 5.54. The second-order valence-electron chi connectivity index (χ2n) is 2.53. The van der Waals surface area contributed by atoms with Crippen LogP contribution in [0.4, 0.5) is 4.39 Å². The van der Waals surface area contributed by atoms with Gasteiger partial charge in [0.25, 0.3) is 4.58 Å². The molecule has 0 radical (unpaired) electrons. The number of hydrogen-bond donors (Lipinski definition) is 0. The predicted molar refractivity (Wildman–Crippen MR) is 48.9 cm³/mol. The molecule has 0 bridgehead atoms. The highest BCUT2D eigenvalue weighted by molar-refractivity contribution is 9.10. The number of rotatable bonds is 5. The quantitative estimate of drug-likeness (QED) is 0.546. The van der Waals surface area contributed by atoms with Crippen molar-refractivity contribution >= 4 is 21.9 Å². The Balaban J connectivity index is 3.90. The first-order valence-corrected chi connectivity index (χ1v) is 4.89. The van der Waals surface area contributed by atoms with Gasteiger partial charge in [0.05, 0.1) is 6.61 Å². The standard InChI is InChI=1S/C8H14BrFO2/c1-3-5-6-8(9,10)7(11)12-4-2/h3-6H2,1-2H3. The van der Waals surface area contributed by atoms with Crippen LogP contribution in [-0.2, 0) is 9.53 Å². The molecular formula is C8H14BrFO2. The highest BCUT2D eigenvalue weighted by Crippen LogP contribution is 2.28. The van der Waals surface area contributed by atoms with Crippen LogP contribution in [0.15, 0.2) is 0 Å². The summed E-state index contributed by atoms with van der Waals surface area (Å²) < 4.78 is 15.9. The fraction of sp³-hybridized carbons (Fsp3) is 0.875. The molecule has 0 rings (SSSR count). The normalized spacial score (nSPS) is 15.3. The molecule has 0 aromatic carbocycles. The molecule has 0 N–H and O–H groups in total. The lowest BCUT2D eigenvalue weighted by molar-refractivity contribution is -0.151. The maximum absolute atomic E-state index is 13.3. The van der Waals surface area contributed by atoms with Gasteiger partial charge in [-0.15, -0.1) is 0 Å². The molecule has 12 heavy (non-hydrogen) atoms. The van der Waals surface area contributed by atoms with Crippen LogP contribution >= 0.6 is 15.9 Å². The Kier molecular flexibility index (Phi) is 5.46. The van der Waals surface area contributed by atoms with E-state index in [2.05, 4.69) is 20.7 Å². The molecule has 1 unspecified atom stereocenters. The van der Waals surface area contributed by atoms with E-state index in [1.54, 1.807) is 6.92 Å². The van der Waals surface area contributed by atoms with E-state index in [4.69, 9.17) is 0 Å². The first kappa shape index (κ1) is 11.9. The smallest absolute Gasteiger partial charge is 0.355 e. The molecule has 0 aliphatic heterocycles. The molecule has 0 amide bonds. The summed E-state index contributed by atoms with van der Waals surface area (Å²) in [6, 6.07) is 0. The van der Waals surface area contributed by atoms with Crippen LogP contribution in [0.25, 0.3) is 0 Å². The molecular weight excluding hydrogens is 227 g/mol. The van der Waals surface area contributed by atoms with Gasteiger partial charge >= 0.3 is 5.97 Å². The van der Waals surface area contributed by atoms with Crippen molar-refractivity contribution in [3.63, 3.8) is 0 Å². The molecule has 0 aliphatic rings. The highest BCUT2D eigenvalue weighted by Gasteiger charge is 2.36. The van der Waals surface area contributed by atoms with Gasteiger partial charge < -0.3 is 4.74 Å². The minimum absolute atomic E-state index is 0.169. The zero-order valence-corrected chi connectivity index (χ0v) is 8.99. The highest BCUT2D eigenvalue weighted by atomic mass is 79.9. The lowest BCUT2D eigenvalue weighted by Crippen LogP contribution is -2.28. The van der Waals surface area contributed by atoms with Crippen molar-refractivity contribution < 1.29 is 13.9 Å². The Morgan fingerprint density at radius 3 is 2.58 bits per heavy atom. The maximum Gasteiger partial charge on any atom is 0.355 e. The summed E-state index contributed by atoms with van der Waals surface area (Å²) in [5.74, 6) is -0.821. The number of ether oxygens (including phenoxy) is 1. The molecule has 0 fully saturated rings. The topological polar surface area (TPSA) is 26.3 Å². The SMILES string of the molecule is CCCCC(F)(Br)C(=O)OCC. The average molecular weight is 241 g/mol. The third-order valence-electron chi connectivity index (χ3n) is 1.42. The fourth-order valence-electron chi connectivity index (χ4n) is 0.738. The minimum Gasteiger partial charge on any atom is -0.463 e. The third kappa shape index (κ3) is 4.04. The molecule has 72 valence electrons. The summed E-state index contributed by atoms with van der Waals surface area (Å²) in [4.78, 5) is 10.9. The maximum atomic E-state index is 13.3.